The molecular formula is C15H32ClN. The van der Waals surface area contributed by atoms with Crippen LogP contribution in [-0.4, -0.2) is 19.1 Å². The Bertz CT molecular complexity index is 161. The van der Waals surface area contributed by atoms with Crippen LogP contribution in [0.2, 0.25) is 0 Å². The smallest absolute Gasteiger partial charge is 0.0872 e. The van der Waals surface area contributed by atoms with Gasteiger partial charge in [-0.05, 0) is 38.5 Å². The lowest BCUT2D eigenvalue weighted by Gasteiger charge is -2.32. The fourth-order valence-electron chi connectivity index (χ4n) is 3.11. The summed E-state index contributed by atoms with van der Waals surface area (Å²) in [6.45, 7) is 7.57. The number of quaternary nitrogens is 1. The topological polar surface area (TPSA) is 4.44 Å². The molecule has 0 spiro atoms. The second-order valence-corrected chi connectivity index (χ2v) is 5.53. The van der Waals surface area contributed by atoms with Gasteiger partial charge in [0, 0.05) is 0 Å². The van der Waals surface area contributed by atoms with Crippen LogP contribution in [0.1, 0.15) is 78.1 Å². The van der Waals surface area contributed by atoms with Gasteiger partial charge in [0.25, 0.3) is 0 Å². The molecule has 0 aromatic heterocycles. The lowest BCUT2D eigenvalue weighted by molar-refractivity contribution is -0.931. The predicted molar refractivity (Wildman–Crippen MR) is 72.0 cm³/mol. The molecule has 0 amide bonds. The molecule has 2 heteroatoms. The van der Waals surface area contributed by atoms with E-state index in [0.29, 0.717) is 0 Å². The first-order chi connectivity index (χ1) is 7.88. The van der Waals surface area contributed by atoms with Gasteiger partial charge in [-0.15, -0.1) is 0 Å². The zero-order valence-electron chi connectivity index (χ0n) is 11.9. The summed E-state index contributed by atoms with van der Waals surface area (Å²) in [6.07, 6.45) is 14.5. The van der Waals surface area contributed by atoms with Gasteiger partial charge in [-0.1, -0.05) is 39.5 Å². The molecule has 1 N–H and O–H groups in total. The molecular weight excluding hydrogens is 230 g/mol. The molecule has 104 valence electrons. The van der Waals surface area contributed by atoms with E-state index in [-0.39, 0.29) is 12.4 Å². The van der Waals surface area contributed by atoms with Crippen molar-refractivity contribution in [1.29, 1.82) is 0 Å². The van der Waals surface area contributed by atoms with Crippen molar-refractivity contribution >= 4 is 0 Å². The Kier molecular flexibility index (Phi) is 11.5. The molecule has 0 saturated carbocycles. The maximum absolute atomic E-state index is 2.37. The van der Waals surface area contributed by atoms with Crippen LogP contribution < -0.4 is 17.3 Å². The van der Waals surface area contributed by atoms with Crippen LogP contribution in [0.15, 0.2) is 0 Å². The van der Waals surface area contributed by atoms with Gasteiger partial charge in [0.15, 0.2) is 0 Å². The summed E-state index contributed by atoms with van der Waals surface area (Å²) in [5, 5.41) is 0. The lowest BCUT2D eigenvalue weighted by atomic mass is 9.99. The van der Waals surface area contributed by atoms with Gasteiger partial charge < -0.3 is 17.3 Å². The van der Waals surface area contributed by atoms with Gasteiger partial charge in [0.05, 0.1) is 19.1 Å². The molecule has 1 heterocycles. The van der Waals surface area contributed by atoms with Gasteiger partial charge in [0.1, 0.15) is 0 Å². The third kappa shape index (κ3) is 7.31. The fourth-order valence-corrected chi connectivity index (χ4v) is 3.11. The van der Waals surface area contributed by atoms with E-state index in [1.54, 1.807) is 0 Å². The van der Waals surface area contributed by atoms with Gasteiger partial charge >= 0.3 is 0 Å². The van der Waals surface area contributed by atoms with E-state index in [2.05, 4.69) is 13.8 Å². The molecule has 2 unspecified atom stereocenters. The first-order valence-corrected chi connectivity index (χ1v) is 7.73. The van der Waals surface area contributed by atoms with Crippen molar-refractivity contribution in [3.8, 4) is 0 Å². The highest BCUT2D eigenvalue weighted by molar-refractivity contribution is 4.59. The number of nitrogens with one attached hydrogen (secondary N) is 1. The van der Waals surface area contributed by atoms with E-state index in [4.69, 9.17) is 0 Å². The molecule has 1 fully saturated rings. The Morgan fingerprint density at radius 3 is 2.35 bits per heavy atom. The Morgan fingerprint density at radius 2 is 1.65 bits per heavy atom. The maximum Gasteiger partial charge on any atom is 0.0872 e. The molecule has 2 atom stereocenters. The third-order valence-corrected chi connectivity index (χ3v) is 4.22. The normalized spacial score (nSPS) is 24.4. The van der Waals surface area contributed by atoms with Crippen LogP contribution in [0, 0.1) is 0 Å². The average molecular weight is 262 g/mol. The van der Waals surface area contributed by atoms with E-state index in [1.165, 1.54) is 77.3 Å². The SMILES string of the molecule is CCCCCCCC[NH+]1CCCCC1CC.[Cl-]. The monoisotopic (exact) mass is 261 g/mol. The van der Waals surface area contributed by atoms with Crippen molar-refractivity contribution in [2.75, 3.05) is 13.1 Å². The van der Waals surface area contributed by atoms with Crippen LogP contribution in [0.4, 0.5) is 0 Å². The molecule has 1 aliphatic heterocycles. The number of piperidine rings is 1. The number of rotatable bonds is 8. The molecule has 0 bridgehead atoms. The standard InChI is InChI=1S/C15H31N.ClH/c1-3-5-6-7-8-10-13-16-14-11-9-12-15(16)4-2;/h15H,3-14H2,1-2H3;1H. The fraction of sp³-hybridized carbons (Fsp3) is 1.00. The zero-order valence-corrected chi connectivity index (χ0v) is 12.7. The van der Waals surface area contributed by atoms with Crippen LogP contribution in [0.5, 0.6) is 0 Å². The summed E-state index contributed by atoms with van der Waals surface area (Å²) in [5.41, 5.74) is 0. The molecule has 17 heavy (non-hydrogen) atoms. The molecule has 0 radical (unpaired) electrons. The molecule has 1 saturated heterocycles. The second kappa shape index (κ2) is 11.3. The van der Waals surface area contributed by atoms with Crippen molar-refractivity contribution in [3.05, 3.63) is 0 Å². The zero-order chi connectivity index (χ0) is 11.6. The van der Waals surface area contributed by atoms with Crippen molar-refractivity contribution < 1.29 is 17.3 Å². The molecule has 0 aromatic rings. The summed E-state index contributed by atoms with van der Waals surface area (Å²) in [4.78, 5) is 1.92. The average Bonchev–Trinajstić information content (AvgIpc) is 2.34. The molecule has 1 nitrogen and oxygen atoms in total. The molecule has 1 aliphatic rings. The lowest BCUT2D eigenvalue weighted by Crippen LogP contribution is -3.16. The van der Waals surface area contributed by atoms with Crippen molar-refractivity contribution in [1.82, 2.24) is 0 Å². The summed E-state index contributed by atoms with van der Waals surface area (Å²) in [6, 6.07) is 0.990. The number of halogens is 1. The summed E-state index contributed by atoms with van der Waals surface area (Å²) < 4.78 is 0. The van der Waals surface area contributed by atoms with Crippen LogP contribution in [0.25, 0.3) is 0 Å². The van der Waals surface area contributed by atoms with Crippen LogP contribution >= 0.6 is 0 Å². The predicted octanol–water partition coefficient (Wildman–Crippen LogP) is 0.198. The van der Waals surface area contributed by atoms with Crippen molar-refractivity contribution in [2.45, 2.75) is 84.1 Å². The van der Waals surface area contributed by atoms with E-state index >= 15 is 0 Å². The van der Waals surface area contributed by atoms with Gasteiger partial charge in [-0.3, -0.25) is 0 Å². The second-order valence-electron chi connectivity index (χ2n) is 5.53. The first-order valence-electron chi connectivity index (χ1n) is 7.73. The summed E-state index contributed by atoms with van der Waals surface area (Å²) in [5.74, 6) is 0. The van der Waals surface area contributed by atoms with Gasteiger partial charge in [-0.2, -0.15) is 0 Å². The number of hydrogen-bond acceptors (Lipinski definition) is 0. The minimum Gasteiger partial charge on any atom is -1.00 e. The Hall–Kier alpha value is 0.250. The highest BCUT2D eigenvalue weighted by Gasteiger charge is 2.23. The quantitative estimate of drug-likeness (QED) is 0.596. The summed E-state index contributed by atoms with van der Waals surface area (Å²) in [7, 11) is 0. The number of hydrogen-bond donors (Lipinski definition) is 1. The van der Waals surface area contributed by atoms with Crippen LogP contribution in [0.3, 0.4) is 0 Å². The molecule has 0 aliphatic carbocycles. The van der Waals surface area contributed by atoms with E-state index in [1.807, 2.05) is 4.90 Å². The Balaban J connectivity index is 0.00000256. The highest BCUT2D eigenvalue weighted by Crippen LogP contribution is 2.07. The van der Waals surface area contributed by atoms with Crippen LogP contribution in [-0.2, 0) is 0 Å². The number of unbranched alkanes of at least 4 members (excludes halogenated alkanes) is 5. The van der Waals surface area contributed by atoms with Crippen molar-refractivity contribution in [3.63, 3.8) is 0 Å². The van der Waals surface area contributed by atoms with Gasteiger partial charge in [0.2, 0.25) is 0 Å². The minimum absolute atomic E-state index is 0. The first kappa shape index (κ1) is 17.2. The Morgan fingerprint density at radius 1 is 0.941 bits per heavy atom. The molecule has 0 aromatic carbocycles. The van der Waals surface area contributed by atoms with E-state index in [0.717, 1.165) is 6.04 Å². The third-order valence-electron chi connectivity index (χ3n) is 4.22. The number of likely N-dealkylation sites (tertiary alicyclic amines) is 1. The van der Waals surface area contributed by atoms with E-state index in [9.17, 15) is 0 Å². The van der Waals surface area contributed by atoms with Crippen molar-refractivity contribution in [2.24, 2.45) is 0 Å². The Labute approximate surface area is 115 Å². The van der Waals surface area contributed by atoms with E-state index < -0.39 is 0 Å². The largest absolute Gasteiger partial charge is 1.00 e. The summed E-state index contributed by atoms with van der Waals surface area (Å²) >= 11 is 0. The minimum atomic E-state index is 0. The van der Waals surface area contributed by atoms with Gasteiger partial charge in [-0.25, -0.2) is 0 Å². The highest BCUT2D eigenvalue weighted by atomic mass is 35.5. The molecule has 1 rings (SSSR count). The maximum atomic E-state index is 2.37.